The molecule has 0 aromatic carbocycles. The molecule has 0 aliphatic carbocycles. The van der Waals surface area contributed by atoms with Crippen LogP contribution in [0, 0.1) is 5.92 Å². The second-order valence-corrected chi connectivity index (χ2v) is 3.72. The standard InChI is InChI=1S/C9H18N2O3/c1-2-6(3-10)9(14)11-4-7(12)8(13)5-11/h6-8,12-13H,2-5,10H2,1H3. The van der Waals surface area contributed by atoms with Gasteiger partial charge in [-0.2, -0.15) is 0 Å². The smallest absolute Gasteiger partial charge is 0.227 e. The molecule has 1 saturated heterocycles. The maximum absolute atomic E-state index is 11.7. The van der Waals surface area contributed by atoms with E-state index < -0.39 is 12.2 Å². The average Bonchev–Trinajstić information content (AvgIpc) is 2.49. The van der Waals surface area contributed by atoms with Gasteiger partial charge in [0.1, 0.15) is 0 Å². The highest BCUT2D eigenvalue weighted by molar-refractivity contribution is 5.79. The molecule has 82 valence electrons. The first kappa shape index (κ1) is 11.4. The average molecular weight is 202 g/mol. The Morgan fingerprint density at radius 1 is 1.50 bits per heavy atom. The highest BCUT2D eigenvalue weighted by Gasteiger charge is 2.34. The fourth-order valence-corrected chi connectivity index (χ4v) is 1.65. The Hall–Kier alpha value is -0.650. The summed E-state index contributed by atoms with van der Waals surface area (Å²) in [6.45, 7) is 2.66. The minimum absolute atomic E-state index is 0.0643. The lowest BCUT2D eigenvalue weighted by Gasteiger charge is -2.20. The van der Waals surface area contributed by atoms with Gasteiger partial charge in [-0.05, 0) is 6.42 Å². The van der Waals surface area contributed by atoms with Crippen LogP contribution in [0.25, 0.3) is 0 Å². The summed E-state index contributed by atoms with van der Waals surface area (Å²) in [5, 5.41) is 18.5. The third kappa shape index (κ3) is 2.23. The predicted octanol–water partition coefficient (Wildman–Crippen LogP) is -1.46. The summed E-state index contributed by atoms with van der Waals surface area (Å²) < 4.78 is 0. The van der Waals surface area contributed by atoms with E-state index in [0.29, 0.717) is 13.0 Å². The number of hydrogen-bond donors (Lipinski definition) is 3. The molecule has 3 unspecified atom stereocenters. The number of carbonyl (C=O) groups excluding carboxylic acids is 1. The van der Waals surface area contributed by atoms with Crippen LogP contribution in [0.5, 0.6) is 0 Å². The topological polar surface area (TPSA) is 86.8 Å². The van der Waals surface area contributed by atoms with E-state index in [1.54, 1.807) is 0 Å². The Labute approximate surface area is 83.5 Å². The van der Waals surface area contributed by atoms with Gasteiger partial charge >= 0.3 is 0 Å². The summed E-state index contributed by atoms with van der Waals surface area (Å²) in [5.74, 6) is -0.252. The van der Waals surface area contributed by atoms with E-state index in [2.05, 4.69) is 0 Å². The molecule has 1 fully saturated rings. The molecule has 0 aromatic heterocycles. The molecule has 14 heavy (non-hydrogen) atoms. The first-order valence-electron chi connectivity index (χ1n) is 4.95. The number of aliphatic hydroxyl groups is 2. The fourth-order valence-electron chi connectivity index (χ4n) is 1.65. The van der Waals surface area contributed by atoms with Crippen molar-refractivity contribution >= 4 is 5.91 Å². The molecule has 0 spiro atoms. The summed E-state index contributed by atoms with van der Waals surface area (Å²) in [6, 6.07) is 0. The second-order valence-electron chi connectivity index (χ2n) is 3.72. The first-order valence-corrected chi connectivity index (χ1v) is 4.95. The quantitative estimate of drug-likeness (QED) is 0.522. The number of rotatable bonds is 3. The normalized spacial score (nSPS) is 29.3. The van der Waals surface area contributed by atoms with Crippen LogP contribution in [0.3, 0.4) is 0 Å². The third-order valence-corrected chi connectivity index (χ3v) is 2.70. The van der Waals surface area contributed by atoms with Crippen LogP contribution in [0.2, 0.25) is 0 Å². The molecular formula is C9H18N2O3. The summed E-state index contributed by atoms with van der Waals surface area (Å²) in [7, 11) is 0. The molecule has 0 saturated carbocycles. The minimum atomic E-state index is -0.811. The van der Waals surface area contributed by atoms with Gasteiger partial charge in [-0.3, -0.25) is 4.79 Å². The van der Waals surface area contributed by atoms with Crippen molar-refractivity contribution in [3.63, 3.8) is 0 Å². The zero-order valence-corrected chi connectivity index (χ0v) is 8.39. The zero-order valence-electron chi connectivity index (χ0n) is 8.39. The maximum atomic E-state index is 11.7. The maximum Gasteiger partial charge on any atom is 0.227 e. The number of hydrogen-bond acceptors (Lipinski definition) is 4. The second kappa shape index (κ2) is 4.72. The molecule has 3 atom stereocenters. The summed E-state index contributed by atoms with van der Waals surface area (Å²) in [5.41, 5.74) is 5.45. The van der Waals surface area contributed by atoms with Crippen molar-refractivity contribution in [1.82, 2.24) is 4.90 Å². The van der Waals surface area contributed by atoms with Crippen molar-refractivity contribution < 1.29 is 15.0 Å². The van der Waals surface area contributed by atoms with E-state index in [-0.39, 0.29) is 24.9 Å². The Morgan fingerprint density at radius 3 is 2.36 bits per heavy atom. The molecule has 1 rings (SSSR count). The lowest BCUT2D eigenvalue weighted by molar-refractivity contribution is -0.134. The SMILES string of the molecule is CCC(CN)C(=O)N1CC(O)C(O)C1. The van der Waals surface area contributed by atoms with Crippen LogP contribution in [0.15, 0.2) is 0 Å². The number of carbonyl (C=O) groups is 1. The van der Waals surface area contributed by atoms with Crippen LogP contribution in [-0.2, 0) is 4.79 Å². The monoisotopic (exact) mass is 202 g/mol. The molecule has 1 aliphatic rings. The van der Waals surface area contributed by atoms with Crippen LogP contribution in [-0.4, -0.2) is 52.9 Å². The van der Waals surface area contributed by atoms with E-state index in [4.69, 9.17) is 5.73 Å². The van der Waals surface area contributed by atoms with Gasteiger partial charge in [-0.15, -0.1) is 0 Å². The van der Waals surface area contributed by atoms with E-state index in [0.717, 1.165) is 0 Å². The van der Waals surface area contributed by atoms with Crippen molar-refractivity contribution in [3.05, 3.63) is 0 Å². The Kier molecular flexibility index (Phi) is 3.86. The molecule has 1 amide bonds. The lowest BCUT2D eigenvalue weighted by atomic mass is 10.1. The first-order chi connectivity index (χ1) is 6.60. The highest BCUT2D eigenvalue weighted by atomic mass is 16.3. The molecule has 4 N–H and O–H groups in total. The van der Waals surface area contributed by atoms with Crippen LogP contribution < -0.4 is 5.73 Å². The van der Waals surface area contributed by atoms with Crippen LogP contribution >= 0.6 is 0 Å². The van der Waals surface area contributed by atoms with Crippen molar-refractivity contribution in [3.8, 4) is 0 Å². The van der Waals surface area contributed by atoms with Crippen molar-refractivity contribution in [2.45, 2.75) is 25.6 Å². The van der Waals surface area contributed by atoms with E-state index in [9.17, 15) is 15.0 Å². The van der Waals surface area contributed by atoms with Gasteiger partial charge in [0.25, 0.3) is 0 Å². The molecule has 1 heterocycles. The summed E-state index contributed by atoms with van der Waals surface area (Å²) >= 11 is 0. The van der Waals surface area contributed by atoms with Crippen molar-refractivity contribution in [2.75, 3.05) is 19.6 Å². The molecule has 5 heteroatoms. The van der Waals surface area contributed by atoms with Gasteiger partial charge in [-0.1, -0.05) is 6.92 Å². The number of β-amino-alcohol motifs (C(OH)–C–C–N with tert-alkyl or cyclic N) is 2. The van der Waals surface area contributed by atoms with E-state index >= 15 is 0 Å². The van der Waals surface area contributed by atoms with Crippen molar-refractivity contribution in [2.24, 2.45) is 11.7 Å². The summed E-state index contributed by atoms with van der Waals surface area (Å²) in [6.07, 6.45) is -0.929. The van der Waals surface area contributed by atoms with Crippen molar-refractivity contribution in [1.29, 1.82) is 0 Å². The van der Waals surface area contributed by atoms with Gasteiger partial charge < -0.3 is 20.8 Å². The molecule has 0 radical (unpaired) electrons. The van der Waals surface area contributed by atoms with Crippen LogP contribution in [0.1, 0.15) is 13.3 Å². The molecule has 5 nitrogen and oxygen atoms in total. The molecule has 0 aromatic rings. The zero-order chi connectivity index (χ0) is 10.7. The van der Waals surface area contributed by atoms with Gasteiger partial charge in [0.05, 0.1) is 18.1 Å². The Bertz CT molecular complexity index is 196. The van der Waals surface area contributed by atoms with Gasteiger partial charge in [0.15, 0.2) is 0 Å². The number of amides is 1. The molecule has 0 bridgehead atoms. The Balaban J connectivity index is 2.54. The summed E-state index contributed by atoms with van der Waals surface area (Å²) in [4.78, 5) is 13.2. The number of aliphatic hydroxyl groups excluding tert-OH is 2. The predicted molar refractivity (Wildman–Crippen MR) is 51.4 cm³/mol. The third-order valence-electron chi connectivity index (χ3n) is 2.70. The van der Waals surface area contributed by atoms with Crippen LogP contribution in [0.4, 0.5) is 0 Å². The van der Waals surface area contributed by atoms with E-state index in [1.165, 1.54) is 4.90 Å². The Morgan fingerprint density at radius 2 is 2.00 bits per heavy atom. The minimum Gasteiger partial charge on any atom is -0.388 e. The fraction of sp³-hybridized carbons (Fsp3) is 0.889. The number of nitrogens with two attached hydrogens (primary N) is 1. The highest BCUT2D eigenvalue weighted by Crippen LogP contribution is 2.14. The van der Waals surface area contributed by atoms with Gasteiger partial charge in [0, 0.05) is 19.6 Å². The van der Waals surface area contributed by atoms with Gasteiger partial charge in [0.2, 0.25) is 5.91 Å². The largest absolute Gasteiger partial charge is 0.388 e. The number of nitrogens with zero attached hydrogens (tertiary/aromatic N) is 1. The molecule has 1 aliphatic heterocycles. The number of likely N-dealkylation sites (tertiary alicyclic amines) is 1. The van der Waals surface area contributed by atoms with E-state index in [1.807, 2.05) is 6.92 Å². The van der Waals surface area contributed by atoms with Gasteiger partial charge in [-0.25, -0.2) is 0 Å². The molecular weight excluding hydrogens is 184 g/mol. The lowest BCUT2D eigenvalue weighted by Crippen LogP contribution is -2.38.